The molecule has 0 radical (unpaired) electrons. The first kappa shape index (κ1) is 19.6. The van der Waals surface area contributed by atoms with Gasteiger partial charge in [0.2, 0.25) is 11.8 Å². The lowest BCUT2D eigenvalue weighted by Gasteiger charge is -2.20. The zero-order valence-electron chi connectivity index (χ0n) is 15.8. The van der Waals surface area contributed by atoms with Gasteiger partial charge in [0.1, 0.15) is 6.04 Å². The fraction of sp³-hybridized carbons (Fsp3) is 0.318. The molecule has 146 valence electrons. The molecule has 3 amide bonds. The van der Waals surface area contributed by atoms with Crippen LogP contribution in [0.1, 0.15) is 28.8 Å². The summed E-state index contributed by atoms with van der Waals surface area (Å²) in [6.07, 6.45) is 2.36. The van der Waals surface area contributed by atoms with E-state index in [1.807, 2.05) is 36.4 Å². The summed E-state index contributed by atoms with van der Waals surface area (Å²) in [6.45, 7) is 1.44. The maximum atomic E-state index is 12.7. The van der Waals surface area contributed by atoms with Gasteiger partial charge in [0.15, 0.2) is 0 Å². The molecule has 0 spiro atoms. The van der Waals surface area contributed by atoms with Crippen molar-refractivity contribution in [1.82, 2.24) is 15.5 Å². The third-order valence-corrected chi connectivity index (χ3v) is 4.81. The summed E-state index contributed by atoms with van der Waals surface area (Å²) in [4.78, 5) is 39.2. The molecule has 2 aromatic carbocycles. The monoisotopic (exact) mass is 379 g/mol. The van der Waals surface area contributed by atoms with Crippen LogP contribution in [0.15, 0.2) is 60.7 Å². The van der Waals surface area contributed by atoms with Crippen LogP contribution in [0.3, 0.4) is 0 Å². The van der Waals surface area contributed by atoms with E-state index in [0.717, 1.165) is 31.5 Å². The quantitative estimate of drug-likeness (QED) is 0.770. The Hall–Kier alpha value is -3.15. The first-order chi connectivity index (χ1) is 13.6. The number of rotatable bonds is 7. The molecule has 1 heterocycles. The van der Waals surface area contributed by atoms with Crippen LogP contribution in [-0.2, 0) is 16.0 Å². The van der Waals surface area contributed by atoms with Gasteiger partial charge >= 0.3 is 0 Å². The minimum Gasteiger partial charge on any atom is -0.345 e. The minimum atomic E-state index is -0.763. The van der Waals surface area contributed by atoms with E-state index in [4.69, 9.17) is 0 Å². The fourth-order valence-corrected chi connectivity index (χ4v) is 3.25. The summed E-state index contributed by atoms with van der Waals surface area (Å²) < 4.78 is 0. The van der Waals surface area contributed by atoms with Crippen molar-refractivity contribution in [2.24, 2.45) is 0 Å². The highest BCUT2D eigenvalue weighted by molar-refractivity contribution is 5.98. The molecule has 1 atom stereocenters. The van der Waals surface area contributed by atoms with Crippen LogP contribution in [0, 0.1) is 0 Å². The zero-order chi connectivity index (χ0) is 19.8. The number of benzene rings is 2. The number of amides is 3. The van der Waals surface area contributed by atoms with Gasteiger partial charge in [-0.3, -0.25) is 14.4 Å². The van der Waals surface area contributed by atoms with Crippen LogP contribution in [0.4, 0.5) is 0 Å². The lowest BCUT2D eigenvalue weighted by molar-refractivity contribution is -0.132. The molecule has 6 nitrogen and oxygen atoms in total. The summed E-state index contributed by atoms with van der Waals surface area (Å²) in [5.74, 6) is -0.762. The number of carbonyl (C=O) groups is 3. The SMILES string of the molecule is O=C(NC(Cc1ccccc1)C(=O)NCC(=O)N1CCCC1)c1ccccc1. The summed E-state index contributed by atoms with van der Waals surface area (Å²) in [5.41, 5.74) is 1.42. The Bertz CT molecular complexity index is 802. The largest absolute Gasteiger partial charge is 0.345 e. The Morgan fingerprint density at radius 2 is 1.50 bits per heavy atom. The van der Waals surface area contributed by atoms with Gasteiger partial charge in [-0.1, -0.05) is 48.5 Å². The van der Waals surface area contributed by atoms with Gasteiger partial charge in [-0.2, -0.15) is 0 Å². The van der Waals surface area contributed by atoms with Crippen LogP contribution in [0.5, 0.6) is 0 Å². The van der Waals surface area contributed by atoms with Crippen molar-refractivity contribution in [3.05, 3.63) is 71.8 Å². The number of hydrogen-bond donors (Lipinski definition) is 2. The predicted molar refractivity (Wildman–Crippen MR) is 107 cm³/mol. The fourth-order valence-electron chi connectivity index (χ4n) is 3.25. The molecule has 3 rings (SSSR count). The summed E-state index contributed by atoms with van der Waals surface area (Å²) >= 11 is 0. The molecule has 28 heavy (non-hydrogen) atoms. The molecule has 0 aliphatic carbocycles. The molecule has 2 N–H and O–H groups in total. The Morgan fingerprint density at radius 1 is 0.893 bits per heavy atom. The second-order valence-electron chi connectivity index (χ2n) is 6.89. The van der Waals surface area contributed by atoms with E-state index < -0.39 is 6.04 Å². The molecule has 6 heteroatoms. The highest BCUT2D eigenvalue weighted by Gasteiger charge is 2.24. The van der Waals surface area contributed by atoms with Gasteiger partial charge in [0.25, 0.3) is 5.91 Å². The third kappa shape index (κ3) is 5.42. The second-order valence-corrected chi connectivity index (χ2v) is 6.89. The molecule has 1 fully saturated rings. The van der Waals surface area contributed by atoms with E-state index in [1.54, 1.807) is 29.2 Å². The lowest BCUT2D eigenvalue weighted by atomic mass is 10.0. The van der Waals surface area contributed by atoms with Crippen molar-refractivity contribution < 1.29 is 14.4 Å². The zero-order valence-corrected chi connectivity index (χ0v) is 15.8. The van der Waals surface area contributed by atoms with Crippen molar-refractivity contribution in [2.45, 2.75) is 25.3 Å². The van der Waals surface area contributed by atoms with E-state index in [2.05, 4.69) is 10.6 Å². The second kappa shape index (κ2) is 9.69. The first-order valence-electron chi connectivity index (χ1n) is 9.59. The standard InChI is InChI=1S/C22H25N3O3/c26-20(25-13-7-8-14-25)16-23-22(28)19(15-17-9-3-1-4-10-17)24-21(27)18-11-5-2-6-12-18/h1-6,9-12,19H,7-8,13-16H2,(H,23,28)(H,24,27). The predicted octanol–water partition coefficient (Wildman–Crippen LogP) is 1.77. The van der Waals surface area contributed by atoms with Gasteiger partial charge in [-0.15, -0.1) is 0 Å². The van der Waals surface area contributed by atoms with E-state index >= 15 is 0 Å². The van der Waals surface area contributed by atoms with E-state index in [-0.39, 0.29) is 24.3 Å². The van der Waals surface area contributed by atoms with Crippen LogP contribution >= 0.6 is 0 Å². The smallest absolute Gasteiger partial charge is 0.251 e. The number of nitrogens with one attached hydrogen (secondary N) is 2. The highest BCUT2D eigenvalue weighted by atomic mass is 16.2. The van der Waals surface area contributed by atoms with E-state index in [9.17, 15) is 14.4 Å². The van der Waals surface area contributed by atoms with Gasteiger partial charge < -0.3 is 15.5 Å². The number of nitrogens with zero attached hydrogens (tertiary/aromatic N) is 1. The van der Waals surface area contributed by atoms with Gasteiger partial charge in [-0.05, 0) is 30.5 Å². The maximum absolute atomic E-state index is 12.7. The van der Waals surface area contributed by atoms with Crippen LogP contribution in [-0.4, -0.2) is 48.3 Å². The molecule has 0 aromatic heterocycles. The average molecular weight is 379 g/mol. The van der Waals surface area contributed by atoms with Crippen LogP contribution < -0.4 is 10.6 Å². The van der Waals surface area contributed by atoms with Gasteiger partial charge in [0.05, 0.1) is 6.54 Å². The summed E-state index contributed by atoms with van der Waals surface area (Å²) in [5, 5.41) is 5.49. The molecule has 1 aliphatic heterocycles. The molecule has 0 bridgehead atoms. The molecule has 1 saturated heterocycles. The lowest BCUT2D eigenvalue weighted by Crippen LogP contribution is -2.50. The topological polar surface area (TPSA) is 78.5 Å². The van der Waals surface area contributed by atoms with Crippen LogP contribution in [0.2, 0.25) is 0 Å². The van der Waals surface area contributed by atoms with Gasteiger partial charge in [-0.25, -0.2) is 0 Å². The Morgan fingerprint density at radius 3 is 2.14 bits per heavy atom. The molecular weight excluding hydrogens is 354 g/mol. The number of hydrogen-bond acceptors (Lipinski definition) is 3. The summed E-state index contributed by atoms with van der Waals surface area (Å²) in [6, 6.07) is 17.5. The normalized spacial score (nSPS) is 14.4. The Kier molecular flexibility index (Phi) is 6.78. The average Bonchev–Trinajstić information content (AvgIpc) is 3.27. The Labute approximate surface area is 164 Å². The van der Waals surface area contributed by atoms with Crippen molar-refractivity contribution in [3.63, 3.8) is 0 Å². The number of likely N-dealkylation sites (tertiary alicyclic amines) is 1. The van der Waals surface area contributed by atoms with Crippen molar-refractivity contribution in [3.8, 4) is 0 Å². The minimum absolute atomic E-state index is 0.0503. The van der Waals surface area contributed by atoms with Crippen molar-refractivity contribution >= 4 is 17.7 Å². The Balaban J connectivity index is 1.65. The summed E-state index contributed by atoms with van der Waals surface area (Å²) in [7, 11) is 0. The highest BCUT2D eigenvalue weighted by Crippen LogP contribution is 2.08. The third-order valence-electron chi connectivity index (χ3n) is 4.81. The van der Waals surface area contributed by atoms with Crippen molar-refractivity contribution in [2.75, 3.05) is 19.6 Å². The molecule has 2 aromatic rings. The molecule has 1 unspecified atom stereocenters. The number of carbonyl (C=O) groups excluding carboxylic acids is 3. The molecular formula is C22H25N3O3. The van der Waals surface area contributed by atoms with E-state index in [1.165, 1.54) is 0 Å². The molecule has 0 saturated carbocycles. The van der Waals surface area contributed by atoms with Crippen molar-refractivity contribution in [1.29, 1.82) is 0 Å². The first-order valence-corrected chi connectivity index (χ1v) is 9.59. The van der Waals surface area contributed by atoms with Crippen LogP contribution in [0.25, 0.3) is 0 Å². The molecule has 1 aliphatic rings. The van der Waals surface area contributed by atoms with Gasteiger partial charge in [0, 0.05) is 25.1 Å². The van der Waals surface area contributed by atoms with E-state index in [0.29, 0.717) is 12.0 Å². The maximum Gasteiger partial charge on any atom is 0.251 e.